The van der Waals surface area contributed by atoms with Crippen LogP contribution < -0.4 is 5.32 Å². The van der Waals surface area contributed by atoms with Crippen molar-refractivity contribution < 1.29 is 4.74 Å². The predicted molar refractivity (Wildman–Crippen MR) is 84.0 cm³/mol. The zero-order chi connectivity index (χ0) is 14.4. The molecule has 2 unspecified atom stereocenters. The van der Waals surface area contributed by atoms with Crippen molar-refractivity contribution in [1.29, 1.82) is 0 Å². The third-order valence-corrected chi connectivity index (χ3v) is 4.23. The molecule has 0 aliphatic carbocycles. The Hall–Kier alpha value is -0.900. The number of hydrogen-bond acceptors (Lipinski definition) is 3. The van der Waals surface area contributed by atoms with E-state index in [1.807, 2.05) is 0 Å². The average molecular weight is 276 g/mol. The molecule has 0 amide bonds. The number of aryl methyl sites for hydroxylation is 1. The van der Waals surface area contributed by atoms with Gasteiger partial charge in [0.2, 0.25) is 0 Å². The molecule has 1 saturated heterocycles. The standard InChI is InChI=1S/C17H28N2O/c1-4-18-17(16-8-6-5-7-14(16)2)12-19-10-9-15(11-19)13-20-3/h5-8,15,17-18H,4,9-13H2,1-3H3. The van der Waals surface area contributed by atoms with Crippen LogP contribution >= 0.6 is 0 Å². The SMILES string of the molecule is CCNC(CN1CCC(COC)C1)c1ccccc1C. The molecule has 1 aromatic rings. The quantitative estimate of drug-likeness (QED) is 0.828. The highest BCUT2D eigenvalue weighted by atomic mass is 16.5. The van der Waals surface area contributed by atoms with Crippen LogP contribution in [-0.4, -0.2) is 44.8 Å². The molecule has 112 valence electrons. The van der Waals surface area contributed by atoms with E-state index in [2.05, 4.69) is 48.3 Å². The highest BCUT2D eigenvalue weighted by Crippen LogP contribution is 2.23. The molecule has 1 heterocycles. The molecular weight excluding hydrogens is 248 g/mol. The molecule has 0 bridgehead atoms. The van der Waals surface area contributed by atoms with Crippen molar-refractivity contribution in [3.8, 4) is 0 Å². The van der Waals surface area contributed by atoms with E-state index < -0.39 is 0 Å². The number of likely N-dealkylation sites (tertiary alicyclic amines) is 1. The van der Waals surface area contributed by atoms with Crippen LogP contribution in [0.25, 0.3) is 0 Å². The molecule has 1 fully saturated rings. The van der Waals surface area contributed by atoms with Gasteiger partial charge in [0.15, 0.2) is 0 Å². The van der Waals surface area contributed by atoms with Gasteiger partial charge in [-0.25, -0.2) is 0 Å². The van der Waals surface area contributed by atoms with Crippen molar-refractivity contribution in [3.63, 3.8) is 0 Å². The Kier molecular flexibility index (Phi) is 6.02. The monoisotopic (exact) mass is 276 g/mol. The zero-order valence-corrected chi connectivity index (χ0v) is 13.1. The van der Waals surface area contributed by atoms with Gasteiger partial charge in [0.05, 0.1) is 6.61 Å². The minimum absolute atomic E-state index is 0.433. The van der Waals surface area contributed by atoms with Gasteiger partial charge in [-0.2, -0.15) is 0 Å². The topological polar surface area (TPSA) is 24.5 Å². The number of nitrogens with zero attached hydrogens (tertiary/aromatic N) is 1. The van der Waals surface area contributed by atoms with Crippen LogP contribution in [0.15, 0.2) is 24.3 Å². The van der Waals surface area contributed by atoms with E-state index in [1.165, 1.54) is 30.6 Å². The third-order valence-electron chi connectivity index (χ3n) is 4.23. The van der Waals surface area contributed by atoms with Crippen molar-refractivity contribution >= 4 is 0 Å². The van der Waals surface area contributed by atoms with Crippen LogP contribution in [-0.2, 0) is 4.74 Å². The van der Waals surface area contributed by atoms with E-state index in [-0.39, 0.29) is 0 Å². The number of ether oxygens (including phenoxy) is 1. The smallest absolute Gasteiger partial charge is 0.0503 e. The molecular formula is C17H28N2O. The summed E-state index contributed by atoms with van der Waals surface area (Å²) in [6.45, 7) is 9.75. The molecule has 1 N–H and O–H groups in total. The highest BCUT2D eigenvalue weighted by Gasteiger charge is 2.25. The lowest BCUT2D eigenvalue weighted by Crippen LogP contribution is -2.34. The Morgan fingerprint density at radius 1 is 1.40 bits per heavy atom. The first-order valence-electron chi connectivity index (χ1n) is 7.74. The summed E-state index contributed by atoms with van der Waals surface area (Å²) in [7, 11) is 1.80. The van der Waals surface area contributed by atoms with Gasteiger partial charge < -0.3 is 15.0 Å². The lowest BCUT2D eigenvalue weighted by atomic mass is 10.0. The summed E-state index contributed by atoms with van der Waals surface area (Å²) in [5, 5.41) is 3.64. The normalized spacial score (nSPS) is 21.2. The van der Waals surface area contributed by atoms with E-state index in [4.69, 9.17) is 4.74 Å². The van der Waals surface area contributed by atoms with Gasteiger partial charge in [0.25, 0.3) is 0 Å². The zero-order valence-electron chi connectivity index (χ0n) is 13.1. The molecule has 3 nitrogen and oxygen atoms in total. The second-order valence-corrected chi connectivity index (χ2v) is 5.84. The van der Waals surface area contributed by atoms with Gasteiger partial charge in [0, 0.05) is 26.2 Å². The van der Waals surface area contributed by atoms with Crippen LogP contribution in [0.4, 0.5) is 0 Å². The van der Waals surface area contributed by atoms with Gasteiger partial charge in [-0.15, -0.1) is 0 Å². The molecule has 1 aliphatic rings. The molecule has 0 spiro atoms. The first-order chi connectivity index (χ1) is 9.74. The van der Waals surface area contributed by atoms with Crippen LogP contribution in [0.5, 0.6) is 0 Å². The summed E-state index contributed by atoms with van der Waals surface area (Å²) >= 11 is 0. The molecule has 1 aliphatic heterocycles. The number of methoxy groups -OCH3 is 1. The molecule has 0 saturated carbocycles. The van der Waals surface area contributed by atoms with Gasteiger partial charge in [0.1, 0.15) is 0 Å². The van der Waals surface area contributed by atoms with Gasteiger partial charge in [-0.3, -0.25) is 0 Å². The van der Waals surface area contributed by atoms with Crippen LogP contribution in [0.2, 0.25) is 0 Å². The third kappa shape index (κ3) is 4.05. The number of likely N-dealkylation sites (N-methyl/N-ethyl adjacent to an activating group) is 1. The van der Waals surface area contributed by atoms with Crippen molar-refractivity contribution in [1.82, 2.24) is 10.2 Å². The van der Waals surface area contributed by atoms with E-state index in [0.29, 0.717) is 12.0 Å². The minimum atomic E-state index is 0.433. The number of hydrogen-bond donors (Lipinski definition) is 1. The van der Waals surface area contributed by atoms with Gasteiger partial charge >= 0.3 is 0 Å². The largest absolute Gasteiger partial charge is 0.384 e. The van der Waals surface area contributed by atoms with Crippen LogP contribution in [0.1, 0.15) is 30.5 Å². The Morgan fingerprint density at radius 3 is 2.90 bits per heavy atom. The fraction of sp³-hybridized carbons (Fsp3) is 0.647. The maximum absolute atomic E-state index is 5.29. The van der Waals surface area contributed by atoms with E-state index >= 15 is 0 Å². The summed E-state index contributed by atoms with van der Waals surface area (Å²) in [6.07, 6.45) is 1.26. The average Bonchev–Trinajstić information content (AvgIpc) is 2.87. The maximum Gasteiger partial charge on any atom is 0.0503 e. The summed E-state index contributed by atoms with van der Waals surface area (Å²) < 4.78 is 5.29. The Bertz CT molecular complexity index is 408. The van der Waals surface area contributed by atoms with Crippen molar-refractivity contribution in [2.24, 2.45) is 5.92 Å². The van der Waals surface area contributed by atoms with Crippen molar-refractivity contribution in [3.05, 3.63) is 35.4 Å². The minimum Gasteiger partial charge on any atom is -0.384 e. The second kappa shape index (κ2) is 7.77. The summed E-state index contributed by atoms with van der Waals surface area (Å²) in [4.78, 5) is 2.57. The maximum atomic E-state index is 5.29. The molecule has 2 atom stereocenters. The van der Waals surface area contributed by atoms with Gasteiger partial charge in [-0.05, 0) is 43.5 Å². The number of rotatable bonds is 7. The first-order valence-corrected chi connectivity index (χ1v) is 7.74. The lowest BCUT2D eigenvalue weighted by molar-refractivity contribution is 0.152. The molecule has 20 heavy (non-hydrogen) atoms. The van der Waals surface area contributed by atoms with Gasteiger partial charge in [-0.1, -0.05) is 31.2 Å². The van der Waals surface area contributed by atoms with E-state index in [9.17, 15) is 0 Å². The lowest BCUT2D eigenvalue weighted by Gasteiger charge is -2.26. The Morgan fingerprint density at radius 2 is 2.20 bits per heavy atom. The van der Waals surface area contributed by atoms with Crippen LogP contribution in [0, 0.1) is 12.8 Å². The molecule has 3 heteroatoms. The summed E-state index contributed by atoms with van der Waals surface area (Å²) in [5.74, 6) is 0.708. The van der Waals surface area contributed by atoms with Crippen LogP contribution in [0.3, 0.4) is 0 Å². The number of benzene rings is 1. The molecule has 0 aromatic heterocycles. The Labute approximate surface area is 123 Å². The predicted octanol–water partition coefficient (Wildman–Crippen LogP) is 2.61. The van der Waals surface area contributed by atoms with Crippen molar-refractivity contribution in [2.45, 2.75) is 26.3 Å². The molecule has 0 radical (unpaired) electrons. The Balaban J connectivity index is 1.98. The fourth-order valence-electron chi connectivity index (χ4n) is 3.21. The first kappa shape index (κ1) is 15.5. The molecule has 2 rings (SSSR count). The summed E-state index contributed by atoms with van der Waals surface area (Å²) in [5.41, 5.74) is 2.82. The molecule has 1 aromatic carbocycles. The highest BCUT2D eigenvalue weighted by molar-refractivity contribution is 5.29. The van der Waals surface area contributed by atoms with E-state index in [0.717, 1.165) is 19.7 Å². The summed E-state index contributed by atoms with van der Waals surface area (Å²) in [6, 6.07) is 9.15. The fourth-order valence-corrected chi connectivity index (χ4v) is 3.21. The van der Waals surface area contributed by atoms with E-state index in [1.54, 1.807) is 7.11 Å². The number of nitrogens with one attached hydrogen (secondary N) is 1. The second-order valence-electron chi connectivity index (χ2n) is 5.84. The van der Waals surface area contributed by atoms with Crippen molar-refractivity contribution in [2.75, 3.05) is 39.9 Å².